The molecule has 0 bridgehead atoms. The summed E-state index contributed by atoms with van der Waals surface area (Å²) in [5.74, 6) is 0.963. The second-order valence-electron chi connectivity index (χ2n) is 8.47. The minimum absolute atomic E-state index is 0.0468. The molecule has 1 aromatic carbocycles. The van der Waals surface area contributed by atoms with Gasteiger partial charge in [0.25, 0.3) is 5.56 Å². The summed E-state index contributed by atoms with van der Waals surface area (Å²) in [5.41, 5.74) is 0.907. The summed E-state index contributed by atoms with van der Waals surface area (Å²) in [5, 5.41) is 6.37. The number of fused-ring (bicyclic) bond motifs is 2. The molecule has 5 rings (SSSR count). The molecule has 0 aliphatic carbocycles. The van der Waals surface area contributed by atoms with Crippen LogP contribution in [0.2, 0.25) is 0 Å². The van der Waals surface area contributed by atoms with Gasteiger partial charge in [0.1, 0.15) is 17.6 Å². The van der Waals surface area contributed by atoms with Crippen LogP contribution in [-0.4, -0.2) is 52.8 Å². The predicted octanol–water partition coefficient (Wildman–Crippen LogP) is 1.25. The van der Waals surface area contributed by atoms with Crippen molar-refractivity contribution in [2.75, 3.05) is 31.3 Å². The predicted molar refractivity (Wildman–Crippen MR) is 130 cm³/mol. The zero-order valence-electron chi connectivity index (χ0n) is 19.3. The number of rotatable bonds is 7. The number of ether oxygens (including phenoxy) is 2. The Morgan fingerprint density at radius 3 is 2.94 bits per heavy atom. The number of nitrogens with zero attached hydrogens (tertiary/aromatic N) is 4. The smallest absolute Gasteiger partial charge is 0.273 e. The van der Waals surface area contributed by atoms with Crippen molar-refractivity contribution in [1.82, 2.24) is 25.2 Å². The summed E-state index contributed by atoms with van der Waals surface area (Å²) in [6, 6.07) is 5.47. The Balaban J connectivity index is 1.25. The molecule has 2 aromatic heterocycles. The third-order valence-corrected chi connectivity index (χ3v) is 7.12. The molecule has 1 saturated heterocycles. The van der Waals surface area contributed by atoms with E-state index in [-0.39, 0.29) is 36.6 Å². The number of nitrogens with one attached hydrogen (secondary N) is 2. The molecule has 12 heteroatoms. The number of hydrogen-bond acceptors (Lipinski definition) is 9. The van der Waals surface area contributed by atoms with Gasteiger partial charge in [-0.2, -0.15) is 4.98 Å². The molecule has 11 nitrogen and oxygen atoms in total. The molecule has 2 aliphatic heterocycles. The van der Waals surface area contributed by atoms with Gasteiger partial charge in [-0.3, -0.25) is 19.0 Å². The molecular weight excluding hydrogens is 472 g/mol. The number of thiazole rings is 1. The lowest BCUT2D eigenvalue weighted by Crippen LogP contribution is -2.43. The van der Waals surface area contributed by atoms with E-state index >= 15 is 0 Å². The van der Waals surface area contributed by atoms with Gasteiger partial charge in [0.05, 0.1) is 5.92 Å². The molecule has 0 saturated carbocycles. The largest absolute Gasteiger partial charge is 0.454 e. The van der Waals surface area contributed by atoms with E-state index in [0.29, 0.717) is 46.6 Å². The van der Waals surface area contributed by atoms with Crippen molar-refractivity contribution in [3.8, 4) is 11.5 Å². The topological polar surface area (TPSA) is 128 Å². The number of carbonyl (C=O) groups is 2. The molecule has 0 radical (unpaired) electrons. The van der Waals surface area contributed by atoms with Crippen LogP contribution in [0.4, 0.5) is 5.13 Å². The van der Waals surface area contributed by atoms with Gasteiger partial charge in [-0.15, -0.1) is 0 Å². The fourth-order valence-corrected chi connectivity index (χ4v) is 5.23. The summed E-state index contributed by atoms with van der Waals surface area (Å²) < 4.78 is 12.3. The summed E-state index contributed by atoms with van der Waals surface area (Å²) in [7, 11) is 0. The van der Waals surface area contributed by atoms with E-state index in [0.717, 1.165) is 24.9 Å². The van der Waals surface area contributed by atoms with Gasteiger partial charge in [0.2, 0.25) is 18.6 Å². The van der Waals surface area contributed by atoms with E-state index < -0.39 is 0 Å². The number of hydrogen-bond donors (Lipinski definition) is 2. The van der Waals surface area contributed by atoms with Crippen molar-refractivity contribution >= 4 is 38.6 Å². The van der Waals surface area contributed by atoms with Crippen LogP contribution in [0.5, 0.6) is 11.5 Å². The highest BCUT2D eigenvalue weighted by Gasteiger charge is 2.27. The molecule has 1 atom stereocenters. The van der Waals surface area contributed by atoms with Gasteiger partial charge < -0.3 is 25.0 Å². The monoisotopic (exact) mass is 498 g/mol. The normalized spacial score (nSPS) is 16.9. The third kappa shape index (κ3) is 4.92. The average Bonchev–Trinajstić information content (AvgIpc) is 3.52. The van der Waals surface area contributed by atoms with Crippen molar-refractivity contribution in [1.29, 1.82) is 0 Å². The number of amides is 2. The first-order valence-electron chi connectivity index (χ1n) is 11.6. The number of anilines is 1. The molecular formula is C23H26N6O5S. The van der Waals surface area contributed by atoms with Crippen LogP contribution >= 0.6 is 11.3 Å². The highest BCUT2D eigenvalue weighted by Crippen LogP contribution is 2.32. The van der Waals surface area contributed by atoms with Crippen molar-refractivity contribution in [2.45, 2.75) is 32.9 Å². The minimum Gasteiger partial charge on any atom is -0.454 e. The van der Waals surface area contributed by atoms with E-state index in [9.17, 15) is 14.4 Å². The lowest BCUT2D eigenvalue weighted by atomic mass is 9.97. The maximum absolute atomic E-state index is 13.0. The van der Waals surface area contributed by atoms with Gasteiger partial charge in [-0.05, 0) is 37.5 Å². The van der Waals surface area contributed by atoms with Gasteiger partial charge in [0, 0.05) is 26.2 Å². The Labute approximate surface area is 205 Å². The fourth-order valence-electron chi connectivity index (χ4n) is 4.23. The van der Waals surface area contributed by atoms with Gasteiger partial charge in [-0.25, -0.2) is 4.98 Å². The Kier molecular flexibility index (Phi) is 6.53. The average molecular weight is 499 g/mol. The molecule has 1 fully saturated rings. The molecule has 2 N–H and O–H groups in total. The van der Waals surface area contributed by atoms with Crippen molar-refractivity contribution < 1.29 is 19.1 Å². The van der Waals surface area contributed by atoms with Crippen LogP contribution in [0.25, 0.3) is 10.3 Å². The first-order chi connectivity index (χ1) is 17.0. The van der Waals surface area contributed by atoms with Crippen LogP contribution in [0.15, 0.2) is 29.3 Å². The Hall–Kier alpha value is -3.67. The first-order valence-corrected chi connectivity index (χ1v) is 12.4. The lowest BCUT2D eigenvalue weighted by Gasteiger charge is -2.31. The molecule has 3 aromatic rings. The van der Waals surface area contributed by atoms with Crippen molar-refractivity contribution in [2.24, 2.45) is 5.92 Å². The van der Waals surface area contributed by atoms with Gasteiger partial charge in [0.15, 0.2) is 22.3 Å². The number of carbonyl (C=O) groups excluding carboxylic acids is 2. The summed E-state index contributed by atoms with van der Waals surface area (Å²) in [6.45, 7) is 4.17. The second kappa shape index (κ2) is 9.90. The molecule has 0 unspecified atom stereocenters. The van der Waals surface area contributed by atoms with Crippen LogP contribution in [0.3, 0.4) is 0 Å². The van der Waals surface area contributed by atoms with Crippen LogP contribution < -0.4 is 30.6 Å². The van der Waals surface area contributed by atoms with E-state index in [1.54, 1.807) is 6.07 Å². The van der Waals surface area contributed by atoms with E-state index in [4.69, 9.17) is 9.47 Å². The zero-order chi connectivity index (χ0) is 24.4. The quantitative estimate of drug-likeness (QED) is 0.498. The van der Waals surface area contributed by atoms with E-state index in [2.05, 4.69) is 20.6 Å². The van der Waals surface area contributed by atoms with Crippen LogP contribution in [-0.2, 0) is 22.7 Å². The molecule has 0 spiro atoms. The third-order valence-electron chi connectivity index (χ3n) is 6.03. The second-order valence-corrected chi connectivity index (χ2v) is 9.45. The number of aromatic nitrogens is 3. The minimum atomic E-state index is -0.311. The number of piperidine rings is 1. The number of benzene rings is 1. The molecule has 184 valence electrons. The Bertz CT molecular complexity index is 1320. The highest BCUT2D eigenvalue weighted by molar-refractivity contribution is 7.22. The van der Waals surface area contributed by atoms with Crippen LogP contribution in [0, 0.1) is 5.92 Å². The Morgan fingerprint density at radius 1 is 1.23 bits per heavy atom. The summed E-state index contributed by atoms with van der Waals surface area (Å²) in [4.78, 5) is 48.7. The fraction of sp³-hybridized carbons (Fsp3) is 0.435. The van der Waals surface area contributed by atoms with Gasteiger partial charge >= 0.3 is 0 Å². The van der Waals surface area contributed by atoms with Crippen LogP contribution in [0.1, 0.15) is 25.3 Å². The van der Waals surface area contributed by atoms with Crippen molar-refractivity contribution in [3.05, 3.63) is 40.4 Å². The molecule has 2 aliphatic rings. The first kappa shape index (κ1) is 23.1. The highest BCUT2D eigenvalue weighted by atomic mass is 32.1. The molecule has 35 heavy (non-hydrogen) atoms. The zero-order valence-corrected chi connectivity index (χ0v) is 20.1. The molecule has 2 amide bonds. The maximum atomic E-state index is 13.0. The standard InChI is InChI=1S/C23H26N6O5S/c1-2-24-21(31)15-4-3-7-28(10-15)23-27-20-19(35-23)22(32)29(12-26-20)11-18(30)25-9-14-5-6-16-17(8-14)34-13-33-16/h5-6,8,12,15H,2-4,7,9-11,13H2,1H3,(H,24,31)(H,25,30)/t15-/m1/s1. The van der Waals surface area contributed by atoms with E-state index in [1.165, 1.54) is 22.2 Å². The maximum Gasteiger partial charge on any atom is 0.273 e. The van der Waals surface area contributed by atoms with E-state index in [1.807, 2.05) is 24.0 Å². The Morgan fingerprint density at radius 2 is 2.09 bits per heavy atom. The SMILES string of the molecule is CCNC(=O)[C@@H]1CCCN(c2nc3ncn(CC(=O)NCc4ccc5c(c4)OCO5)c(=O)c3s2)C1. The summed E-state index contributed by atoms with van der Waals surface area (Å²) in [6.07, 6.45) is 3.06. The molecule has 4 heterocycles. The summed E-state index contributed by atoms with van der Waals surface area (Å²) >= 11 is 1.25. The lowest BCUT2D eigenvalue weighted by molar-refractivity contribution is -0.125. The van der Waals surface area contributed by atoms with Crippen molar-refractivity contribution in [3.63, 3.8) is 0 Å². The van der Waals surface area contributed by atoms with Gasteiger partial charge in [-0.1, -0.05) is 17.4 Å².